The molecule has 4 aromatic carbocycles. The smallest absolute Gasteiger partial charge is 0.273 e. The molecule has 0 radical (unpaired) electrons. The monoisotopic (exact) mass is 579 g/mol. The minimum absolute atomic E-state index is 0.0179. The van der Waals surface area contributed by atoms with Gasteiger partial charge in [0.05, 0.1) is 12.0 Å². The molecule has 1 amide bonds. The number of hydrogen-bond acceptors (Lipinski definition) is 6. The van der Waals surface area contributed by atoms with Crippen molar-refractivity contribution in [2.45, 2.75) is 45.5 Å². The van der Waals surface area contributed by atoms with Crippen LogP contribution < -0.4 is 9.47 Å². The Labute approximate surface area is 252 Å². The van der Waals surface area contributed by atoms with Crippen LogP contribution in [0.2, 0.25) is 0 Å². The molecule has 1 heterocycles. The van der Waals surface area contributed by atoms with Crippen molar-refractivity contribution in [2.24, 2.45) is 0 Å². The molecule has 4 aromatic rings. The van der Waals surface area contributed by atoms with Crippen molar-refractivity contribution in [3.05, 3.63) is 135 Å². The zero-order valence-electron chi connectivity index (χ0n) is 24.6. The second-order valence-corrected chi connectivity index (χ2v) is 10.9. The molecule has 0 bridgehead atoms. The number of nitrogens with zero attached hydrogens (tertiary/aromatic N) is 3. The summed E-state index contributed by atoms with van der Waals surface area (Å²) in [4.78, 5) is 29.6. The van der Waals surface area contributed by atoms with Gasteiger partial charge in [0.15, 0.2) is 11.5 Å². The van der Waals surface area contributed by atoms with Gasteiger partial charge in [0.2, 0.25) is 0 Å². The maximum absolute atomic E-state index is 14.1. The molecule has 43 heavy (non-hydrogen) atoms. The molecule has 1 aliphatic rings. The minimum Gasteiger partial charge on any atom is -0.493 e. The molecule has 0 N–H and O–H groups in total. The number of amides is 1. The summed E-state index contributed by atoms with van der Waals surface area (Å²) in [6.07, 6.45) is 1.61. The Morgan fingerprint density at radius 2 is 1.56 bits per heavy atom. The molecule has 0 spiro atoms. The van der Waals surface area contributed by atoms with Crippen LogP contribution in [0.3, 0.4) is 0 Å². The van der Waals surface area contributed by atoms with E-state index in [2.05, 4.69) is 29.2 Å². The first-order chi connectivity index (χ1) is 20.9. The number of nitro groups is 1. The highest BCUT2D eigenvalue weighted by Crippen LogP contribution is 2.31. The summed E-state index contributed by atoms with van der Waals surface area (Å²) in [6, 6.07) is 30.7. The SMILES string of the molecule is COc1ccc(CN(C(=O)c2ccc(C)c([N+](=O)[O-])c2)C2CCN(Cc3ccccc3)CC2)cc1OCc1ccccc1. The molecule has 8 heteroatoms. The third-order valence-corrected chi connectivity index (χ3v) is 7.98. The quantitative estimate of drug-likeness (QED) is 0.144. The lowest BCUT2D eigenvalue weighted by molar-refractivity contribution is -0.385. The third-order valence-electron chi connectivity index (χ3n) is 7.98. The molecule has 0 atom stereocenters. The maximum atomic E-state index is 14.1. The first-order valence-electron chi connectivity index (χ1n) is 14.6. The maximum Gasteiger partial charge on any atom is 0.273 e. The average Bonchev–Trinajstić information content (AvgIpc) is 3.04. The van der Waals surface area contributed by atoms with E-state index in [1.54, 1.807) is 26.2 Å². The topological polar surface area (TPSA) is 85.1 Å². The number of likely N-dealkylation sites (tertiary alicyclic amines) is 1. The van der Waals surface area contributed by atoms with E-state index in [-0.39, 0.29) is 17.6 Å². The number of methoxy groups -OCH3 is 1. The van der Waals surface area contributed by atoms with Crippen LogP contribution in [0.25, 0.3) is 0 Å². The van der Waals surface area contributed by atoms with Crippen LogP contribution in [0, 0.1) is 17.0 Å². The Morgan fingerprint density at radius 3 is 2.21 bits per heavy atom. The van der Waals surface area contributed by atoms with E-state index in [9.17, 15) is 14.9 Å². The van der Waals surface area contributed by atoms with Gasteiger partial charge in [-0.05, 0) is 54.7 Å². The van der Waals surface area contributed by atoms with E-state index >= 15 is 0 Å². The van der Waals surface area contributed by atoms with E-state index in [4.69, 9.17) is 9.47 Å². The summed E-state index contributed by atoms with van der Waals surface area (Å²) in [6.45, 7) is 4.98. The van der Waals surface area contributed by atoms with Gasteiger partial charge in [-0.2, -0.15) is 0 Å². The second-order valence-electron chi connectivity index (χ2n) is 10.9. The van der Waals surface area contributed by atoms with Gasteiger partial charge in [0, 0.05) is 49.4 Å². The summed E-state index contributed by atoms with van der Waals surface area (Å²) >= 11 is 0. The zero-order valence-corrected chi connectivity index (χ0v) is 24.6. The van der Waals surface area contributed by atoms with Crippen LogP contribution in [-0.4, -0.2) is 46.9 Å². The molecule has 0 aromatic heterocycles. The number of ether oxygens (including phenoxy) is 2. The lowest BCUT2D eigenvalue weighted by atomic mass is 9.99. The Hall–Kier alpha value is -4.69. The van der Waals surface area contributed by atoms with Gasteiger partial charge in [0.25, 0.3) is 11.6 Å². The zero-order chi connectivity index (χ0) is 30.2. The molecule has 0 aliphatic carbocycles. The highest BCUT2D eigenvalue weighted by Gasteiger charge is 2.30. The van der Waals surface area contributed by atoms with E-state index in [0.29, 0.717) is 35.8 Å². The molecule has 222 valence electrons. The summed E-state index contributed by atoms with van der Waals surface area (Å²) < 4.78 is 11.7. The highest BCUT2D eigenvalue weighted by molar-refractivity contribution is 5.95. The van der Waals surface area contributed by atoms with Crippen molar-refractivity contribution in [1.29, 1.82) is 0 Å². The molecule has 5 rings (SSSR count). The number of carbonyl (C=O) groups excluding carboxylic acids is 1. The minimum atomic E-state index is -0.432. The van der Waals surface area contributed by atoms with Gasteiger partial charge < -0.3 is 14.4 Å². The van der Waals surface area contributed by atoms with Gasteiger partial charge in [-0.25, -0.2) is 0 Å². The Morgan fingerprint density at radius 1 is 0.884 bits per heavy atom. The average molecular weight is 580 g/mol. The fourth-order valence-corrected chi connectivity index (χ4v) is 5.57. The molecule has 1 aliphatic heterocycles. The summed E-state index contributed by atoms with van der Waals surface area (Å²) in [5.74, 6) is 0.994. The fraction of sp³-hybridized carbons (Fsp3) is 0.286. The van der Waals surface area contributed by atoms with E-state index in [1.165, 1.54) is 11.6 Å². The highest BCUT2D eigenvalue weighted by atomic mass is 16.6. The van der Waals surface area contributed by atoms with Crippen molar-refractivity contribution in [3.8, 4) is 11.5 Å². The predicted octanol–water partition coefficient (Wildman–Crippen LogP) is 6.80. The number of aryl methyl sites for hydroxylation is 1. The summed E-state index contributed by atoms with van der Waals surface area (Å²) in [5, 5.41) is 11.7. The molecule has 0 unspecified atom stereocenters. The number of hydrogen-bond donors (Lipinski definition) is 0. The van der Waals surface area contributed by atoms with E-state index in [1.807, 2.05) is 59.5 Å². The molecular weight excluding hydrogens is 542 g/mol. The Bertz CT molecular complexity index is 1540. The van der Waals surface area contributed by atoms with Crippen LogP contribution in [0.5, 0.6) is 11.5 Å². The largest absolute Gasteiger partial charge is 0.493 e. The van der Waals surface area contributed by atoms with Crippen LogP contribution in [0.1, 0.15) is 45.5 Å². The van der Waals surface area contributed by atoms with Crippen LogP contribution in [0.4, 0.5) is 5.69 Å². The number of benzene rings is 4. The van der Waals surface area contributed by atoms with Crippen LogP contribution in [0.15, 0.2) is 97.1 Å². The van der Waals surface area contributed by atoms with E-state index < -0.39 is 4.92 Å². The molecule has 8 nitrogen and oxygen atoms in total. The van der Waals surface area contributed by atoms with Crippen molar-refractivity contribution in [2.75, 3.05) is 20.2 Å². The van der Waals surface area contributed by atoms with Crippen LogP contribution in [-0.2, 0) is 19.7 Å². The number of piperidine rings is 1. The van der Waals surface area contributed by atoms with Gasteiger partial charge in [-0.1, -0.05) is 72.8 Å². The van der Waals surface area contributed by atoms with Gasteiger partial charge in [0.1, 0.15) is 6.61 Å². The van der Waals surface area contributed by atoms with E-state index in [0.717, 1.165) is 43.6 Å². The number of carbonyl (C=O) groups is 1. The fourth-order valence-electron chi connectivity index (χ4n) is 5.57. The van der Waals surface area contributed by atoms with Crippen molar-refractivity contribution < 1.29 is 19.2 Å². The van der Waals surface area contributed by atoms with Crippen LogP contribution >= 0.6 is 0 Å². The Kier molecular flexibility index (Phi) is 9.69. The lowest BCUT2D eigenvalue weighted by Crippen LogP contribution is -2.46. The van der Waals surface area contributed by atoms with Gasteiger partial charge in [-0.15, -0.1) is 0 Å². The second kappa shape index (κ2) is 14.0. The van der Waals surface area contributed by atoms with Crippen molar-refractivity contribution in [3.63, 3.8) is 0 Å². The third kappa shape index (κ3) is 7.59. The molecular formula is C35H37N3O5. The van der Waals surface area contributed by atoms with Crippen molar-refractivity contribution in [1.82, 2.24) is 9.80 Å². The Balaban J connectivity index is 1.38. The normalized spacial score (nSPS) is 13.8. The standard InChI is InChI=1S/C35H37N3O5/c1-26-13-15-30(22-32(26)38(40)41)35(39)37(31-17-19-36(20-18-31)23-27-9-5-3-6-10-27)24-29-14-16-33(42-2)34(21-29)43-25-28-11-7-4-8-12-28/h3-16,21-22,31H,17-20,23-25H2,1-2H3. The van der Waals surface area contributed by atoms with Crippen molar-refractivity contribution >= 4 is 11.6 Å². The number of rotatable bonds is 11. The van der Waals surface area contributed by atoms with Gasteiger partial charge >= 0.3 is 0 Å². The molecule has 0 saturated carbocycles. The first kappa shape index (κ1) is 29.8. The molecule has 1 fully saturated rings. The lowest BCUT2D eigenvalue weighted by Gasteiger charge is -2.39. The van der Waals surface area contributed by atoms with Gasteiger partial charge in [-0.3, -0.25) is 19.8 Å². The summed E-state index contributed by atoms with van der Waals surface area (Å²) in [7, 11) is 1.60. The summed E-state index contributed by atoms with van der Waals surface area (Å²) in [5.41, 5.74) is 3.99. The number of nitro benzene ring substituents is 1. The predicted molar refractivity (Wildman–Crippen MR) is 166 cm³/mol. The first-order valence-corrected chi connectivity index (χ1v) is 14.6. The molecule has 1 saturated heterocycles.